The maximum absolute atomic E-state index is 11.8. The molecule has 2 amide bonds. The number of carbonyl (C=O) groups is 2. The molecule has 0 bridgehead atoms. The minimum atomic E-state index is -3.78. The van der Waals surface area contributed by atoms with Gasteiger partial charge in [-0.2, -0.15) is 0 Å². The molecule has 1 aromatic rings. The topological polar surface area (TPSA) is 83.6 Å². The van der Waals surface area contributed by atoms with Gasteiger partial charge < -0.3 is 4.90 Å². The molecule has 6 nitrogen and oxygen atoms in total. The first kappa shape index (κ1) is 15.5. The third-order valence-corrected chi connectivity index (χ3v) is 4.93. The summed E-state index contributed by atoms with van der Waals surface area (Å²) < 4.78 is 25.5. The molecule has 114 valence electrons. The van der Waals surface area contributed by atoms with Gasteiger partial charge in [-0.05, 0) is 17.7 Å². The van der Waals surface area contributed by atoms with E-state index in [0.717, 1.165) is 12.5 Å². The molecule has 1 saturated heterocycles. The minimum absolute atomic E-state index is 0.0577. The van der Waals surface area contributed by atoms with E-state index in [-0.39, 0.29) is 16.7 Å². The molecule has 7 heteroatoms. The van der Waals surface area contributed by atoms with Gasteiger partial charge in [0.25, 0.3) is 10.0 Å². The van der Waals surface area contributed by atoms with Crippen molar-refractivity contribution in [2.75, 3.05) is 13.1 Å². The number of sulfonamides is 1. The smallest absolute Gasteiger partial charge is 0.264 e. The van der Waals surface area contributed by atoms with Crippen LogP contribution in [0.1, 0.15) is 31.7 Å². The molecule has 0 aromatic heterocycles. The molecule has 0 saturated carbocycles. The number of hydrogen-bond donors (Lipinski definition) is 1. The SMILES string of the molecule is CCC(=O)N1CC(c2ccc(S(=O)(=O)NC(C)=O)cc2)C1. The van der Waals surface area contributed by atoms with E-state index in [2.05, 4.69) is 0 Å². The molecule has 1 heterocycles. The second-order valence-corrected chi connectivity index (χ2v) is 6.76. The van der Waals surface area contributed by atoms with E-state index in [0.29, 0.717) is 19.5 Å². The summed E-state index contributed by atoms with van der Waals surface area (Å²) in [5.74, 6) is -0.235. The van der Waals surface area contributed by atoms with Crippen LogP contribution in [0.5, 0.6) is 0 Å². The molecule has 0 unspecified atom stereocenters. The molecule has 1 aliphatic heterocycles. The van der Waals surface area contributed by atoms with E-state index in [1.807, 2.05) is 11.6 Å². The van der Waals surface area contributed by atoms with Gasteiger partial charge in [0.05, 0.1) is 4.90 Å². The Labute approximate surface area is 124 Å². The average Bonchev–Trinajstić information content (AvgIpc) is 2.36. The fourth-order valence-corrected chi connectivity index (χ4v) is 3.27. The Morgan fingerprint density at radius 3 is 2.29 bits per heavy atom. The van der Waals surface area contributed by atoms with Crippen LogP contribution in [0.2, 0.25) is 0 Å². The summed E-state index contributed by atoms with van der Waals surface area (Å²) in [5.41, 5.74) is 0.997. The second kappa shape index (κ2) is 5.85. The van der Waals surface area contributed by atoms with Gasteiger partial charge in [-0.25, -0.2) is 13.1 Å². The number of benzene rings is 1. The lowest BCUT2D eigenvalue weighted by Crippen LogP contribution is -2.48. The molecule has 0 spiro atoms. The second-order valence-electron chi connectivity index (χ2n) is 5.08. The molecule has 2 rings (SSSR count). The Kier molecular flexibility index (Phi) is 4.32. The average molecular weight is 310 g/mol. The summed E-state index contributed by atoms with van der Waals surface area (Å²) in [5, 5.41) is 0. The van der Waals surface area contributed by atoms with Crippen LogP contribution in [0.4, 0.5) is 0 Å². The molecule has 21 heavy (non-hydrogen) atoms. The lowest BCUT2D eigenvalue weighted by atomic mass is 9.91. The maximum Gasteiger partial charge on any atom is 0.264 e. The van der Waals surface area contributed by atoms with Crippen LogP contribution in [0.15, 0.2) is 29.2 Å². The molecule has 1 fully saturated rings. The lowest BCUT2D eigenvalue weighted by Gasteiger charge is -2.39. The molecule has 0 aliphatic carbocycles. The highest BCUT2D eigenvalue weighted by Gasteiger charge is 2.30. The van der Waals surface area contributed by atoms with E-state index in [1.54, 1.807) is 17.0 Å². The zero-order valence-corrected chi connectivity index (χ0v) is 12.8. The molecule has 1 N–H and O–H groups in total. The van der Waals surface area contributed by atoms with E-state index in [9.17, 15) is 18.0 Å². The van der Waals surface area contributed by atoms with Crippen LogP contribution >= 0.6 is 0 Å². The zero-order valence-electron chi connectivity index (χ0n) is 12.0. The van der Waals surface area contributed by atoms with Gasteiger partial charge in [0, 0.05) is 32.4 Å². The van der Waals surface area contributed by atoms with Crippen molar-refractivity contribution in [3.8, 4) is 0 Å². The van der Waals surface area contributed by atoms with Gasteiger partial charge in [-0.3, -0.25) is 9.59 Å². The number of carbonyl (C=O) groups excluding carboxylic acids is 2. The van der Waals surface area contributed by atoms with Gasteiger partial charge in [0.15, 0.2) is 0 Å². The Hall–Kier alpha value is -1.89. The van der Waals surface area contributed by atoms with Gasteiger partial charge >= 0.3 is 0 Å². The number of hydrogen-bond acceptors (Lipinski definition) is 4. The number of nitrogens with zero attached hydrogens (tertiary/aromatic N) is 1. The summed E-state index contributed by atoms with van der Waals surface area (Å²) in [6.45, 7) is 4.33. The van der Waals surface area contributed by atoms with Crippen molar-refractivity contribution in [2.45, 2.75) is 31.1 Å². The fourth-order valence-electron chi connectivity index (χ4n) is 2.28. The largest absolute Gasteiger partial charge is 0.341 e. The summed E-state index contributed by atoms with van der Waals surface area (Å²) in [6, 6.07) is 6.41. The van der Waals surface area contributed by atoms with E-state index in [4.69, 9.17) is 0 Å². The quantitative estimate of drug-likeness (QED) is 0.893. The number of nitrogens with one attached hydrogen (secondary N) is 1. The number of rotatable bonds is 4. The fraction of sp³-hybridized carbons (Fsp3) is 0.429. The van der Waals surface area contributed by atoms with Crippen LogP contribution in [0.3, 0.4) is 0 Å². The van der Waals surface area contributed by atoms with Crippen LogP contribution < -0.4 is 4.72 Å². The predicted molar refractivity (Wildman–Crippen MR) is 77.1 cm³/mol. The van der Waals surface area contributed by atoms with Gasteiger partial charge in [-0.1, -0.05) is 19.1 Å². The summed E-state index contributed by atoms with van der Waals surface area (Å²) in [7, 11) is -3.78. The van der Waals surface area contributed by atoms with Gasteiger partial charge in [0.2, 0.25) is 11.8 Å². The van der Waals surface area contributed by atoms with Crippen molar-refractivity contribution in [2.24, 2.45) is 0 Å². The summed E-state index contributed by atoms with van der Waals surface area (Å²) >= 11 is 0. The summed E-state index contributed by atoms with van der Waals surface area (Å²) in [4.78, 5) is 24.2. The summed E-state index contributed by atoms with van der Waals surface area (Å²) in [6.07, 6.45) is 0.501. The minimum Gasteiger partial charge on any atom is -0.341 e. The van der Waals surface area contributed by atoms with Crippen molar-refractivity contribution >= 4 is 21.8 Å². The van der Waals surface area contributed by atoms with Crippen LogP contribution in [0, 0.1) is 0 Å². The standard InChI is InChI=1S/C14H18N2O4S/c1-3-14(18)16-8-12(9-16)11-4-6-13(7-5-11)21(19,20)15-10(2)17/h4-7,12H,3,8-9H2,1-2H3,(H,15,17). The number of likely N-dealkylation sites (tertiary alicyclic amines) is 1. The third-order valence-electron chi connectivity index (χ3n) is 3.48. The van der Waals surface area contributed by atoms with Crippen molar-refractivity contribution < 1.29 is 18.0 Å². The monoisotopic (exact) mass is 310 g/mol. The Balaban J connectivity index is 2.04. The van der Waals surface area contributed by atoms with Gasteiger partial charge in [-0.15, -0.1) is 0 Å². The third kappa shape index (κ3) is 3.41. The first-order valence-electron chi connectivity index (χ1n) is 6.74. The molecule has 0 radical (unpaired) electrons. The Morgan fingerprint density at radius 2 is 1.81 bits per heavy atom. The van der Waals surface area contributed by atoms with Crippen molar-refractivity contribution in [1.29, 1.82) is 0 Å². The highest BCUT2D eigenvalue weighted by Crippen LogP contribution is 2.28. The molecule has 1 aliphatic rings. The molecular weight excluding hydrogens is 292 g/mol. The highest BCUT2D eigenvalue weighted by molar-refractivity contribution is 7.90. The Bertz CT molecular complexity index is 646. The van der Waals surface area contributed by atoms with E-state index < -0.39 is 15.9 Å². The first-order chi connectivity index (χ1) is 9.83. The first-order valence-corrected chi connectivity index (χ1v) is 8.23. The normalized spacial score (nSPS) is 15.4. The van der Waals surface area contributed by atoms with Crippen molar-refractivity contribution in [1.82, 2.24) is 9.62 Å². The highest BCUT2D eigenvalue weighted by atomic mass is 32.2. The van der Waals surface area contributed by atoms with Crippen molar-refractivity contribution in [3.05, 3.63) is 29.8 Å². The molecule has 0 atom stereocenters. The maximum atomic E-state index is 11.8. The van der Waals surface area contributed by atoms with E-state index >= 15 is 0 Å². The van der Waals surface area contributed by atoms with Crippen LogP contribution in [-0.2, 0) is 19.6 Å². The van der Waals surface area contributed by atoms with Crippen molar-refractivity contribution in [3.63, 3.8) is 0 Å². The van der Waals surface area contributed by atoms with Crippen LogP contribution in [-0.4, -0.2) is 38.2 Å². The zero-order chi connectivity index (χ0) is 15.6. The van der Waals surface area contributed by atoms with Crippen LogP contribution in [0.25, 0.3) is 0 Å². The Morgan fingerprint density at radius 1 is 1.24 bits per heavy atom. The predicted octanol–water partition coefficient (Wildman–Crippen LogP) is 0.847. The molecule has 1 aromatic carbocycles. The lowest BCUT2D eigenvalue weighted by molar-refractivity contribution is -0.135. The van der Waals surface area contributed by atoms with Gasteiger partial charge in [0.1, 0.15) is 0 Å². The molecular formula is C14H18N2O4S. The van der Waals surface area contributed by atoms with E-state index in [1.165, 1.54) is 12.1 Å². The number of amides is 2.